The molecule has 1 amide bonds. The van der Waals surface area contributed by atoms with Crippen molar-refractivity contribution in [2.75, 3.05) is 18.1 Å². The summed E-state index contributed by atoms with van der Waals surface area (Å²) in [6.07, 6.45) is 0. The van der Waals surface area contributed by atoms with Crippen molar-refractivity contribution in [1.29, 1.82) is 0 Å². The molecule has 1 aliphatic rings. The van der Waals surface area contributed by atoms with Crippen LogP contribution in [-0.4, -0.2) is 51.5 Å². The maximum Gasteiger partial charge on any atom is 0.246 e. The number of carbonyl (C=O) groups is 1. The van der Waals surface area contributed by atoms with Crippen LogP contribution in [0.5, 0.6) is 0 Å². The van der Waals surface area contributed by atoms with E-state index in [-0.39, 0.29) is 11.4 Å². The summed E-state index contributed by atoms with van der Waals surface area (Å²) in [6, 6.07) is 3.98. The van der Waals surface area contributed by atoms with Crippen LogP contribution in [0.1, 0.15) is 0 Å². The number of sulfonamides is 1. The standard InChI is InChI=1S/C11H12N4O3S3/c12-11(16)8-6-19-5-4-15(8)21(17,18)9-3-1-2-7-10(9)14-20-13-7/h1-3,8H,4-6H2,(H2,12,16). The number of primary amides is 1. The number of fused-ring (bicyclic) bond motifs is 1. The predicted molar refractivity (Wildman–Crippen MR) is 81.6 cm³/mol. The minimum absolute atomic E-state index is 0.0758. The first kappa shape index (κ1) is 14.7. The molecule has 1 aromatic carbocycles. The minimum Gasteiger partial charge on any atom is -0.368 e. The molecular formula is C11H12N4O3S3. The Balaban J connectivity index is 2.11. The van der Waals surface area contributed by atoms with Crippen LogP contribution in [0, 0.1) is 0 Å². The van der Waals surface area contributed by atoms with E-state index >= 15 is 0 Å². The molecule has 1 atom stereocenters. The molecule has 2 heterocycles. The zero-order chi connectivity index (χ0) is 15.0. The lowest BCUT2D eigenvalue weighted by atomic mass is 10.3. The van der Waals surface area contributed by atoms with Gasteiger partial charge in [-0.2, -0.15) is 24.8 Å². The van der Waals surface area contributed by atoms with Gasteiger partial charge in [0.1, 0.15) is 22.0 Å². The summed E-state index contributed by atoms with van der Waals surface area (Å²) in [5.74, 6) is 0.378. The number of aromatic nitrogens is 2. The molecule has 21 heavy (non-hydrogen) atoms. The number of nitrogens with two attached hydrogens (primary N) is 1. The first-order chi connectivity index (χ1) is 10.0. The predicted octanol–water partition coefficient (Wildman–Crippen LogP) is 0.283. The Morgan fingerprint density at radius 3 is 2.95 bits per heavy atom. The zero-order valence-corrected chi connectivity index (χ0v) is 13.2. The van der Waals surface area contributed by atoms with Gasteiger partial charge in [-0.15, -0.1) is 0 Å². The number of benzene rings is 1. The van der Waals surface area contributed by atoms with Crippen molar-refractivity contribution in [2.24, 2.45) is 5.73 Å². The second-order valence-corrected chi connectivity index (χ2v) is 8.03. The van der Waals surface area contributed by atoms with Crippen LogP contribution in [-0.2, 0) is 14.8 Å². The summed E-state index contributed by atoms with van der Waals surface area (Å²) in [7, 11) is -3.83. The number of hydrogen-bond donors (Lipinski definition) is 1. The van der Waals surface area contributed by atoms with Crippen molar-refractivity contribution in [3.05, 3.63) is 18.2 Å². The molecule has 1 aromatic heterocycles. The van der Waals surface area contributed by atoms with E-state index < -0.39 is 22.0 Å². The summed E-state index contributed by atoms with van der Waals surface area (Å²) >= 11 is 2.48. The fourth-order valence-electron chi connectivity index (χ4n) is 2.22. The summed E-state index contributed by atoms with van der Waals surface area (Å²) in [6.45, 7) is 0.258. The summed E-state index contributed by atoms with van der Waals surface area (Å²) in [5, 5.41) is 0. The fourth-order valence-corrected chi connectivity index (χ4v) is 5.84. The van der Waals surface area contributed by atoms with Crippen molar-refractivity contribution < 1.29 is 13.2 Å². The average molecular weight is 344 g/mol. The average Bonchev–Trinajstić information content (AvgIpc) is 2.95. The number of rotatable bonds is 3. The van der Waals surface area contributed by atoms with Gasteiger partial charge in [0.15, 0.2) is 0 Å². The lowest BCUT2D eigenvalue weighted by Gasteiger charge is -2.32. The van der Waals surface area contributed by atoms with Crippen molar-refractivity contribution >= 4 is 50.5 Å². The van der Waals surface area contributed by atoms with Gasteiger partial charge < -0.3 is 5.73 Å². The van der Waals surface area contributed by atoms with Gasteiger partial charge in [0, 0.05) is 18.1 Å². The molecule has 0 aliphatic carbocycles. The SMILES string of the molecule is NC(=O)C1CSCCN1S(=O)(=O)c1cccc2nsnc12. The lowest BCUT2D eigenvalue weighted by Crippen LogP contribution is -2.52. The molecule has 0 bridgehead atoms. The largest absolute Gasteiger partial charge is 0.368 e. The van der Waals surface area contributed by atoms with Crippen molar-refractivity contribution in [3.63, 3.8) is 0 Å². The summed E-state index contributed by atoms with van der Waals surface area (Å²) in [4.78, 5) is 11.6. The van der Waals surface area contributed by atoms with E-state index in [4.69, 9.17) is 5.73 Å². The molecule has 1 unspecified atom stereocenters. The molecule has 2 aromatic rings. The van der Waals surface area contributed by atoms with Gasteiger partial charge >= 0.3 is 0 Å². The van der Waals surface area contributed by atoms with Gasteiger partial charge in [0.25, 0.3) is 0 Å². The van der Waals surface area contributed by atoms with E-state index in [1.165, 1.54) is 22.1 Å². The highest BCUT2D eigenvalue weighted by Gasteiger charge is 2.38. The molecule has 2 N–H and O–H groups in total. The molecule has 1 aliphatic heterocycles. The normalized spacial score (nSPS) is 20.7. The van der Waals surface area contributed by atoms with Crippen LogP contribution in [0.2, 0.25) is 0 Å². The zero-order valence-electron chi connectivity index (χ0n) is 10.8. The molecule has 1 fully saturated rings. The lowest BCUT2D eigenvalue weighted by molar-refractivity contribution is -0.121. The van der Waals surface area contributed by atoms with E-state index in [9.17, 15) is 13.2 Å². The van der Waals surface area contributed by atoms with Crippen LogP contribution in [0.3, 0.4) is 0 Å². The highest BCUT2D eigenvalue weighted by molar-refractivity contribution is 7.99. The molecular weight excluding hydrogens is 332 g/mol. The summed E-state index contributed by atoms with van der Waals surface area (Å²) < 4.78 is 35.0. The van der Waals surface area contributed by atoms with Crippen molar-refractivity contribution in [3.8, 4) is 0 Å². The maximum absolute atomic E-state index is 12.9. The minimum atomic E-state index is -3.83. The van der Waals surface area contributed by atoms with Gasteiger partial charge in [0.05, 0.1) is 11.7 Å². The van der Waals surface area contributed by atoms with Crippen LogP contribution >= 0.6 is 23.5 Å². The van der Waals surface area contributed by atoms with E-state index in [1.807, 2.05) is 0 Å². The molecule has 1 saturated heterocycles. The number of hydrogen-bond acceptors (Lipinski definition) is 7. The maximum atomic E-state index is 12.9. The van der Waals surface area contributed by atoms with Gasteiger partial charge in [-0.05, 0) is 12.1 Å². The Bertz CT molecular complexity index is 789. The Morgan fingerprint density at radius 1 is 1.38 bits per heavy atom. The van der Waals surface area contributed by atoms with Crippen LogP contribution in [0.25, 0.3) is 11.0 Å². The van der Waals surface area contributed by atoms with E-state index in [0.29, 0.717) is 22.5 Å². The quantitative estimate of drug-likeness (QED) is 0.857. The van der Waals surface area contributed by atoms with E-state index in [2.05, 4.69) is 8.75 Å². The molecule has 112 valence electrons. The molecule has 10 heteroatoms. The van der Waals surface area contributed by atoms with Gasteiger partial charge in [0.2, 0.25) is 15.9 Å². The topological polar surface area (TPSA) is 106 Å². The van der Waals surface area contributed by atoms with Gasteiger partial charge in [-0.1, -0.05) is 6.07 Å². The number of nitrogens with zero attached hydrogens (tertiary/aromatic N) is 3. The Morgan fingerprint density at radius 2 is 2.19 bits per heavy atom. The first-order valence-electron chi connectivity index (χ1n) is 6.12. The monoisotopic (exact) mass is 344 g/mol. The van der Waals surface area contributed by atoms with Crippen LogP contribution in [0.4, 0.5) is 0 Å². The fraction of sp³-hybridized carbons (Fsp3) is 0.364. The third-order valence-electron chi connectivity index (χ3n) is 3.24. The highest BCUT2D eigenvalue weighted by Crippen LogP contribution is 2.28. The van der Waals surface area contributed by atoms with Gasteiger partial charge in [-0.25, -0.2) is 8.42 Å². The number of thioether (sulfide) groups is 1. The summed E-state index contributed by atoms with van der Waals surface area (Å²) in [5.41, 5.74) is 6.21. The first-order valence-corrected chi connectivity index (χ1v) is 9.44. The Hall–Kier alpha value is -1.23. The third-order valence-corrected chi connectivity index (χ3v) is 6.75. The Kier molecular flexibility index (Phi) is 3.86. The number of carbonyl (C=O) groups excluding carboxylic acids is 1. The van der Waals surface area contributed by atoms with E-state index in [1.54, 1.807) is 12.1 Å². The number of amides is 1. The van der Waals surface area contributed by atoms with Gasteiger partial charge in [-0.3, -0.25) is 4.79 Å². The van der Waals surface area contributed by atoms with Crippen molar-refractivity contribution in [2.45, 2.75) is 10.9 Å². The van der Waals surface area contributed by atoms with Crippen molar-refractivity contribution in [1.82, 2.24) is 13.1 Å². The van der Waals surface area contributed by atoms with E-state index in [0.717, 1.165) is 11.7 Å². The molecule has 0 saturated carbocycles. The molecule has 7 nitrogen and oxygen atoms in total. The molecule has 3 rings (SSSR count). The second-order valence-electron chi connectivity index (χ2n) is 4.50. The van der Waals surface area contributed by atoms with Crippen LogP contribution in [0.15, 0.2) is 23.1 Å². The highest BCUT2D eigenvalue weighted by atomic mass is 32.2. The third kappa shape index (κ3) is 2.52. The Labute approximate surface area is 129 Å². The molecule has 0 radical (unpaired) electrons. The smallest absolute Gasteiger partial charge is 0.246 e. The second kappa shape index (κ2) is 5.52. The van der Waals surface area contributed by atoms with Crippen LogP contribution < -0.4 is 5.73 Å². The molecule has 0 spiro atoms.